The normalized spacial score (nSPS) is 16.1. The van der Waals surface area contributed by atoms with Gasteiger partial charge in [0.15, 0.2) is 0 Å². The van der Waals surface area contributed by atoms with Gasteiger partial charge in [-0.05, 0) is 66.7 Å². The molecule has 1 atom stereocenters. The van der Waals surface area contributed by atoms with Gasteiger partial charge in [0.1, 0.15) is 11.8 Å². The maximum atomic E-state index is 13.1. The number of hydrogen-bond acceptors (Lipinski definition) is 6. The van der Waals surface area contributed by atoms with Gasteiger partial charge in [0.2, 0.25) is 0 Å². The zero-order chi connectivity index (χ0) is 25.2. The smallest absolute Gasteiger partial charge is 0.423 e. The molecular formula is C24H18F3N3O4S. The third-order valence-electron chi connectivity index (χ3n) is 5.24. The number of pyridine rings is 1. The highest BCUT2D eigenvalue weighted by Crippen LogP contribution is 2.38. The molecule has 2 aromatic carbocycles. The fourth-order valence-corrected chi connectivity index (χ4v) is 4.07. The van der Waals surface area contributed by atoms with Crippen molar-refractivity contribution < 1.29 is 32.3 Å². The van der Waals surface area contributed by atoms with E-state index in [1.54, 1.807) is 36.4 Å². The highest BCUT2D eigenvalue weighted by molar-refractivity contribution is 8.00. The summed E-state index contributed by atoms with van der Waals surface area (Å²) in [5.41, 5.74) is -3.74. The van der Waals surface area contributed by atoms with Crippen LogP contribution in [-0.4, -0.2) is 39.3 Å². The Balaban J connectivity index is 1.54. The van der Waals surface area contributed by atoms with Crippen LogP contribution in [-0.2, 0) is 11.3 Å². The third kappa shape index (κ3) is 5.46. The number of imide groups is 1. The number of alkyl halides is 3. The molecule has 1 saturated heterocycles. The van der Waals surface area contributed by atoms with E-state index in [0.29, 0.717) is 11.3 Å². The molecule has 7 nitrogen and oxygen atoms in total. The second kappa shape index (κ2) is 9.79. The highest BCUT2D eigenvalue weighted by Gasteiger charge is 2.43. The maximum Gasteiger partial charge on any atom is 0.446 e. The van der Waals surface area contributed by atoms with Crippen molar-refractivity contribution in [1.29, 1.82) is 0 Å². The Bertz CT molecular complexity index is 1250. The molecule has 1 unspecified atom stereocenters. The lowest BCUT2D eigenvalue weighted by molar-refractivity contribution is -0.119. The fraction of sp³-hybridized carbons (Fsp3) is 0.167. The molecule has 2 heterocycles. The van der Waals surface area contributed by atoms with E-state index in [1.807, 2.05) is 0 Å². The van der Waals surface area contributed by atoms with Gasteiger partial charge in [-0.2, -0.15) is 13.2 Å². The van der Waals surface area contributed by atoms with E-state index in [0.717, 1.165) is 4.90 Å². The van der Waals surface area contributed by atoms with Gasteiger partial charge < -0.3 is 9.64 Å². The van der Waals surface area contributed by atoms with E-state index in [1.165, 1.54) is 48.5 Å². The Morgan fingerprint density at radius 2 is 1.74 bits per heavy atom. The van der Waals surface area contributed by atoms with Gasteiger partial charge in [-0.25, -0.2) is 14.5 Å². The summed E-state index contributed by atoms with van der Waals surface area (Å²) in [6, 6.07) is 13.4. The van der Waals surface area contributed by atoms with E-state index in [2.05, 4.69) is 4.98 Å². The molecule has 3 amide bonds. The molecule has 0 radical (unpaired) electrons. The first kappa shape index (κ1) is 24.3. The quantitative estimate of drug-likeness (QED) is 0.198. The summed E-state index contributed by atoms with van der Waals surface area (Å²) in [5.74, 6) is -0.861. The molecule has 0 spiro atoms. The Morgan fingerprint density at radius 3 is 2.40 bits per heavy atom. The number of amides is 3. The summed E-state index contributed by atoms with van der Waals surface area (Å²) < 4.78 is 43.1. The van der Waals surface area contributed by atoms with Crippen LogP contribution in [0.5, 0.6) is 5.75 Å². The lowest BCUT2D eigenvalue weighted by Crippen LogP contribution is -2.34. The zero-order valence-corrected chi connectivity index (χ0v) is 19.0. The number of carbonyl (C=O) groups excluding carboxylic acids is 3. The number of urea groups is 1. The number of para-hydroxylation sites is 1. The van der Waals surface area contributed by atoms with Crippen molar-refractivity contribution >= 4 is 35.4 Å². The first-order valence-electron chi connectivity index (χ1n) is 10.3. The topological polar surface area (TPSA) is 79.8 Å². The van der Waals surface area contributed by atoms with Gasteiger partial charge in [0.25, 0.3) is 5.91 Å². The predicted octanol–water partition coefficient (Wildman–Crippen LogP) is 5.27. The van der Waals surface area contributed by atoms with Crippen molar-refractivity contribution in [3.8, 4) is 5.75 Å². The minimum Gasteiger partial charge on any atom is -0.423 e. The molecule has 35 heavy (non-hydrogen) atoms. The number of ether oxygens (including phenoxy) is 1. The van der Waals surface area contributed by atoms with Crippen LogP contribution in [0.15, 0.2) is 78.0 Å². The molecule has 4 rings (SSSR count). The summed E-state index contributed by atoms with van der Waals surface area (Å²) in [6.07, 6.45) is 2.78. The molecule has 180 valence electrons. The Kier molecular flexibility index (Phi) is 6.79. The van der Waals surface area contributed by atoms with Crippen LogP contribution in [0.3, 0.4) is 0 Å². The minimum absolute atomic E-state index is 0.0661. The van der Waals surface area contributed by atoms with Gasteiger partial charge in [0, 0.05) is 23.8 Å². The minimum atomic E-state index is -4.45. The summed E-state index contributed by atoms with van der Waals surface area (Å²) in [7, 11) is 0. The summed E-state index contributed by atoms with van der Waals surface area (Å²) in [6.45, 7) is 1.46. The molecule has 0 saturated carbocycles. The molecular weight excluding hydrogens is 483 g/mol. The molecule has 1 aliphatic heterocycles. The number of thioether (sulfide) groups is 1. The standard InChI is InChI=1S/C24H18F3N3O4S/c1-15-21(31)30(17-7-9-19(10-8-17)35-24(25,26)27)23(33)29(15)14-16-11-12-28-13-20(16)22(32)34-18-5-3-2-4-6-18/h2-13,15H,14H2,1H3. The van der Waals surface area contributed by atoms with E-state index in [9.17, 15) is 27.6 Å². The number of nitrogens with zero attached hydrogens (tertiary/aromatic N) is 3. The summed E-state index contributed by atoms with van der Waals surface area (Å²) >= 11 is -0.287. The highest BCUT2D eigenvalue weighted by atomic mass is 32.2. The third-order valence-corrected chi connectivity index (χ3v) is 5.98. The predicted molar refractivity (Wildman–Crippen MR) is 122 cm³/mol. The first-order chi connectivity index (χ1) is 16.6. The number of anilines is 1. The van der Waals surface area contributed by atoms with Crippen LogP contribution >= 0.6 is 11.8 Å². The second-order valence-corrected chi connectivity index (χ2v) is 8.68. The zero-order valence-electron chi connectivity index (χ0n) is 18.2. The molecule has 0 aliphatic carbocycles. The number of aromatic nitrogens is 1. The lowest BCUT2D eigenvalue weighted by atomic mass is 10.1. The molecule has 1 aromatic heterocycles. The van der Waals surface area contributed by atoms with Crippen molar-refractivity contribution in [2.24, 2.45) is 0 Å². The van der Waals surface area contributed by atoms with E-state index in [-0.39, 0.29) is 34.5 Å². The number of hydrogen-bond donors (Lipinski definition) is 0. The Morgan fingerprint density at radius 1 is 1.06 bits per heavy atom. The Labute approximate surface area is 202 Å². The van der Waals surface area contributed by atoms with Gasteiger partial charge >= 0.3 is 17.5 Å². The SMILES string of the molecule is CC1C(=O)N(c2ccc(SC(F)(F)F)cc2)C(=O)N1Cc1ccncc1C(=O)Oc1ccccc1. The largest absolute Gasteiger partial charge is 0.446 e. The van der Waals surface area contributed by atoms with Crippen molar-refractivity contribution in [2.75, 3.05) is 4.90 Å². The molecule has 0 bridgehead atoms. The number of halogens is 3. The van der Waals surface area contributed by atoms with Crippen LogP contribution in [0.2, 0.25) is 0 Å². The maximum absolute atomic E-state index is 13.1. The van der Waals surface area contributed by atoms with Crippen LogP contribution < -0.4 is 9.64 Å². The van der Waals surface area contributed by atoms with Crippen molar-refractivity contribution in [1.82, 2.24) is 9.88 Å². The number of rotatable bonds is 6. The second-order valence-electron chi connectivity index (χ2n) is 7.54. The number of benzene rings is 2. The molecule has 1 fully saturated rings. The lowest BCUT2D eigenvalue weighted by Gasteiger charge is -2.20. The number of esters is 1. The van der Waals surface area contributed by atoms with E-state index in [4.69, 9.17) is 4.74 Å². The monoisotopic (exact) mass is 501 g/mol. The molecule has 11 heteroatoms. The van der Waals surface area contributed by atoms with E-state index >= 15 is 0 Å². The van der Waals surface area contributed by atoms with E-state index < -0.39 is 29.5 Å². The fourth-order valence-electron chi connectivity index (χ4n) is 3.53. The molecule has 1 aliphatic rings. The van der Waals surface area contributed by atoms with Gasteiger partial charge in [-0.15, -0.1) is 0 Å². The van der Waals surface area contributed by atoms with Gasteiger partial charge in [0.05, 0.1) is 11.3 Å². The first-order valence-corrected chi connectivity index (χ1v) is 11.2. The molecule has 3 aromatic rings. The van der Waals surface area contributed by atoms with Crippen molar-refractivity contribution in [3.63, 3.8) is 0 Å². The van der Waals surface area contributed by atoms with Crippen LogP contribution in [0.1, 0.15) is 22.8 Å². The average molecular weight is 501 g/mol. The van der Waals surface area contributed by atoms with Gasteiger partial charge in [-0.1, -0.05) is 18.2 Å². The average Bonchev–Trinajstić information content (AvgIpc) is 3.03. The van der Waals surface area contributed by atoms with Crippen LogP contribution in [0.4, 0.5) is 23.7 Å². The molecule has 0 N–H and O–H groups in total. The number of carbonyl (C=O) groups is 3. The van der Waals surface area contributed by atoms with Crippen LogP contribution in [0, 0.1) is 0 Å². The Hall–Kier alpha value is -3.86. The summed E-state index contributed by atoms with van der Waals surface area (Å²) in [5, 5.41) is 0. The van der Waals surface area contributed by atoms with Crippen molar-refractivity contribution in [2.45, 2.75) is 29.9 Å². The van der Waals surface area contributed by atoms with Gasteiger partial charge in [-0.3, -0.25) is 9.78 Å². The van der Waals surface area contributed by atoms with Crippen molar-refractivity contribution in [3.05, 3.63) is 84.2 Å². The summed E-state index contributed by atoms with van der Waals surface area (Å²) in [4.78, 5) is 44.8. The van der Waals surface area contributed by atoms with Crippen LogP contribution in [0.25, 0.3) is 0 Å².